The zero-order valence-corrected chi connectivity index (χ0v) is 12.9. The molecular weight excluding hydrogens is 254 g/mol. The van der Waals surface area contributed by atoms with Crippen LogP contribution in [0.5, 0.6) is 0 Å². The standard InChI is InChI=1S/C16H25NO3/c1-12(13-6-7-14(20-13)15(18)19-4)17-10-5-8-16(2,3)9-11-17/h6-7,12H,5,8-11H2,1-4H3. The average molecular weight is 279 g/mol. The van der Waals surface area contributed by atoms with Crippen molar-refractivity contribution in [3.8, 4) is 0 Å². The van der Waals surface area contributed by atoms with Crippen LogP contribution in [0.4, 0.5) is 0 Å². The number of hydrogen-bond acceptors (Lipinski definition) is 4. The molecule has 0 N–H and O–H groups in total. The van der Waals surface area contributed by atoms with E-state index in [0.29, 0.717) is 5.41 Å². The maximum absolute atomic E-state index is 11.4. The van der Waals surface area contributed by atoms with Crippen molar-refractivity contribution in [2.45, 2.75) is 46.1 Å². The molecule has 1 aliphatic rings. The number of carbonyl (C=O) groups is 1. The molecule has 2 heterocycles. The molecule has 0 saturated carbocycles. The number of methoxy groups -OCH3 is 1. The highest BCUT2D eigenvalue weighted by Gasteiger charge is 2.27. The summed E-state index contributed by atoms with van der Waals surface area (Å²) in [6, 6.07) is 3.77. The fourth-order valence-corrected chi connectivity index (χ4v) is 2.80. The minimum absolute atomic E-state index is 0.197. The van der Waals surface area contributed by atoms with Crippen molar-refractivity contribution >= 4 is 5.97 Å². The number of furan rings is 1. The maximum Gasteiger partial charge on any atom is 0.373 e. The minimum atomic E-state index is -0.416. The smallest absolute Gasteiger partial charge is 0.373 e. The molecule has 0 aliphatic carbocycles. The van der Waals surface area contributed by atoms with E-state index in [2.05, 4.69) is 30.4 Å². The number of nitrogens with zero attached hydrogens (tertiary/aromatic N) is 1. The molecule has 0 radical (unpaired) electrons. The van der Waals surface area contributed by atoms with Gasteiger partial charge in [0.2, 0.25) is 5.76 Å². The predicted molar refractivity (Wildman–Crippen MR) is 77.7 cm³/mol. The van der Waals surface area contributed by atoms with Crippen LogP contribution in [0.15, 0.2) is 16.5 Å². The maximum atomic E-state index is 11.4. The highest BCUT2D eigenvalue weighted by Crippen LogP contribution is 2.33. The van der Waals surface area contributed by atoms with Gasteiger partial charge < -0.3 is 9.15 Å². The lowest BCUT2D eigenvalue weighted by Crippen LogP contribution is -2.28. The van der Waals surface area contributed by atoms with Gasteiger partial charge in [0.15, 0.2) is 0 Å². The summed E-state index contributed by atoms with van der Waals surface area (Å²) < 4.78 is 10.3. The van der Waals surface area contributed by atoms with Gasteiger partial charge in [0, 0.05) is 0 Å². The van der Waals surface area contributed by atoms with E-state index in [1.165, 1.54) is 26.4 Å². The summed E-state index contributed by atoms with van der Waals surface area (Å²) in [5.41, 5.74) is 0.425. The fourth-order valence-electron chi connectivity index (χ4n) is 2.80. The molecule has 4 heteroatoms. The lowest BCUT2D eigenvalue weighted by atomic mass is 9.85. The normalized spacial score (nSPS) is 21.2. The van der Waals surface area contributed by atoms with Gasteiger partial charge in [0.1, 0.15) is 5.76 Å². The van der Waals surface area contributed by atoms with Crippen molar-refractivity contribution in [1.82, 2.24) is 4.90 Å². The summed E-state index contributed by atoms with van der Waals surface area (Å²) in [7, 11) is 1.37. The van der Waals surface area contributed by atoms with Crippen molar-refractivity contribution in [2.24, 2.45) is 5.41 Å². The molecule has 0 aromatic carbocycles. The van der Waals surface area contributed by atoms with Crippen LogP contribution in [0.25, 0.3) is 0 Å². The molecule has 1 atom stereocenters. The van der Waals surface area contributed by atoms with Gasteiger partial charge in [0.25, 0.3) is 0 Å². The van der Waals surface area contributed by atoms with Gasteiger partial charge in [-0.1, -0.05) is 13.8 Å². The average Bonchev–Trinajstić information content (AvgIpc) is 2.83. The summed E-state index contributed by atoms with van der Waals surface area (Å²) >= 11 is 0. The fraction of sp³-hybridized carbons (Fsp3) is 0.688. The third-order valence-electron chi connectivity index (χ3n) is 4.35. The summed E-state index contributed by atoms with van der Waals surface area (Å²) in [5.74, 6) is 0.704. The second-order valence-corrected chi connectivity index (χ2v) is 6.42. The third-order valence-corrected chi connectivity index (χ3v) is 4.35. The molecule has 2 rings (SSSR count). The summed E-state index contributed by atoms with van der Waals surface area (Å²) in [5, 5.41) is 0. The van der Waals surface area contributed by atoms with Crippen LogP contribution in [0.1, 0.15) is 62.4 Å². The van der Waals surface area contributed by atoms with Crippen molar-refractivity contribution in [2.75, 3.05) is 20.2 Å². The number of ether oxygens (including phenoxy) is 1. The van der Waals surface area contributed by atoms with Crippen molar-refractivity contribution in [3.63, 3.8) is 0 Å². The first kappa shape index (κ1) is 15.1. The molecule has 0 spiro atoms. The predicted octanol–water partition coefficient (Wildman–Crippen LogP) is 3.64. The molecule has 0 amide bonds. The van der Waals surface area contributed by atoms with Crippen molar-refractivity contribution in [1.29, 1.82) is 0 Å². The molecule has 1 saturated heterocycles. The molecule has 112 valence electrons. The molecular formula is C16H25NO3. The Kier molecular flexibility index (Phi) is 4.53. The largest absolute Gasteiger partial charge is 0.463 e. The molecule has 1 aromatic heterocycles. The van der Waals surface area contributed by atoms with Crippen LogP contribution >= 0.6 is 0 Å². The highest BCUT2D eigenvalue weighted by atomic mass is 16.5. The van der Waals surface area contributed by atoms with Crippen LogP contribution in [0.3, 0.4) is 0 Å². The third kappa shape index (κ3) is 3.42. The lowest BCUT2D eigenvalue weighted by Gasteiger charge is -2.27. The Bertz CT molecular complexity index is 464. The Morgan fingerprint density at radius 3 is 2.80 bits per heavy atom. The van der Waals surface area contributed by atoms with E-state index in [4.69, 9.17) is 4.42 Å². The molecule has 1 unspecified atom stereocenters. The van der Waals surface area contributed by atoms with E-state index in [1.54, 1.807) is 6.07 Å². The first-order chi connectivity index (χ1) is 9.43. The van der Waals surface area contributed by atoms with E-state index < -0.39 is 5.97 Å². The van der Waals surface area contributed by atoms with Crippen LogP contribution in [0, 0.1) is 5.41 Å². The number of esters is 1. The second kappa shape index (κ2) is 6.00. The molecule has 1 fully saturated rings. The number of hydrogen-bond donors (Lipinski definition) is 0. The van der Waals surface area contributed by atoms with Gasteiger partial charge in [-0.3, -0.25) is 4.90 Å². The molecule has 4 nitrogen and oxygen atoms in total. The van der Waals surface area contributed by atoms with Gasteiger partial charge in [0.05, 0.1) is 13.2 Å². The Hall–Kier alpha value is -1.29. The van der Waals surface area contributed by atoms with Gasteiger partial charge in [-0.2, -0.15) is 0 Å². The Morgan fingerprint density at radius 2 is 2.10 bits per heavy atom. The van der Waals surface area contributed by atoms with Gasteiger partial charge >= 0.3 is 5.97 Å². The van der Waals surface area contributed by atoms with Crippen molar-refractivity contribution in [3.05, 3.63) is 23.7 Å². The first-order valence-corrected chi connectivity index (χ1v) is 7.35. The van der Waals surface area contributed by atoms with E-state index >= 15 is 0 Å². The topological polar surface area (TPSA) is 42.7 Å². The Morgan fingerprint density at radius 1 is 1.35 bits per heavy atom. The zero-order chi connectivity index (χ0) is 14.8. The Labute approximate surface area is 121 Å². The van der Waals surface area contributed by atoms with Crippen LogP contribution < -0.4 is 0 Å². The first-order valence-electron chi connectivity index (χ1n) is 7.35. The highest BCUT2D eigenvalue weighted by molar-refractivity contribution is 5.86. The van der Waals surface area contributed by atoms with E-state index in [9.17, 15) is 4.79 Å². The van der Waals surface area contributed by atoms with E-state index in [1.807, 2.05) is 6.07 Å². The quantitative estimate of drug-likeness (QED) is 0.792. The summed E-state index contributed by atoms with van der Waals surface area (Å²) in [6.07, 6.45) is 3.67. The van der Waals surface area contributed by atoms with Crippen molar-refractivity contribution < 1.29 is 13.9 Å². The van der Waals surface area contributed by atoms with Gasteiger partial charge in [-0.25, -0.2) is 4.79 Å². The second-order valence-electron chi connectivity index (χ2n) is 6.42. The molecule has 1 aliphatic heterocycles. The SMILES string of the molecule is COC(=O)c1ccc(C(C)N2CCCC(C)(C)CC2)o1. The Balaban J connectivity index is 2.05. The van der Waals surface area contributed by atoms with Crippen LogP contribution in [-0.2, 0) is 4.74 Å². The monoisotopic (exact) mass is 279 g/mol. The van der Waals surface area contributed by atoms with E-state index in [-0.39, 0.29) is 11.8 Å². The van der Waals surface area contributed by atoms with Crippen LogP contribution in [0.2, 0.25) is 0 Å². The summed E-state index contributed by atoms with van der Waals surface area (Å²) in [4.78, 5) is 13.9. The molecule has 1 aromatic rings. The van der Waals surface area contributed by atoms with E-state index in [0.717, 1.165) is 18.8 Å². The number of likely N-dealkylation sites (tertiary alicyclic amines) is 1. The summed E-state index contributed by atoms with van der Waals surface area (Å²) in [6.45, 7) is 8.96. The molecule has 0 bridgehead atoms. The molecule has 20 heavy (non-hydrogen) atoms. The number of carbonyl (C=O) groups excluding carboxylic acids is 1. The lowest BCUT2D eigenvalue weighted by molar-refractivity contribution is 0.0559. The van der Waals surface area contributed by atoms with Crippen LogP contribution in [-0.4, -0.2) is 31.1 Å². The van der Waals surface area contributed by atoms with Gasteiger partial charge in [-0.05, 0) is 56.8 Å². The van der Waals surface area contributed by atoms with Gasteiger partial charge in [-0.15, -0.1) is 0 Å². The number of rotatable bonds is 3. The zero-order valence-electron chi connectivity index (χ0n) is 12.9. The minimum Gasteiger partial charge on any atom is -0.463 e.